The van der Waals surface area contributed by atoms with Crippen molar-refractivity contribution in [2.75, 3.05) is 43.1 Å². The third-order valence-corrected chi connectivity index (χ3v) is 4.99. The van der Waals surface area contributed by atoms with Gasteiger partial charge in [0.25, 0.3) is 0 Å². The fraction of sp³-hybridized carbons (Fsp3) is 0.471. The number of ether oxygens (including phenoxy) is 3. The maximum atomic E-state index is 14.7. The van der Waals surface area contributed by atoms with Gasteiger partial charge in [0.05, 0.1) is 38.5 Å². The lowest BCUT2D eigenvalue weighted by atomic mass is 10.2. The Balaban J connectivity index is 1.47. The number of nitrogens with zero attached hydrogens (tertiary/aromatic N) is 2. The Morgan fingerprint density at radius 3 is 2.62 bits per heavy atom. The van der Waals surface area contributed by atoms with Gasteiger partial charge < -0.3 is 29.7 Å². The summed E-state index contributed by atoms with van der Waals surface area (Å²) in [5.41, 5.74) is -0.254. The van der Waals surface area contributed by atoms with Crippen LogP contribution in [0.15, 0.2) is 12.1 Å². The number of rotatable bonds is 4. The van der Waals surface area contributed by atoms with E-state index >= 15 is 0 Å². The van der Waals surface area contributed by atoms with E-state index < -0.39 is 42.1 Å². The lowest BCUT2D eigenvalue weighted by Gasteiger charge is -2.22. The SMILES string of the molecule is COC(=O)NC[C@H]1CN(c2cc(F)c(N3CC4NC(=O)OC4C3)c(F)c2)C(=O)O1. The Kier molecular flexibility index (Phi) is 4.76. The predicted molar refractivity (Wildman–Crippen MR) is 93.8 cm³/mol. The Morgan fingerprint density at radius 2 is 1.97 bits per heavy atom. The number of anilines is 2. The number of alkyl carbamates (subject to hydrolysis) is 2. The van der Waals surface area contributed by atoms with Crippen LogP contribution in [0.1, 0.15) is 0 Å². The number of hydrogen-bond acceptors (Lipinski definition) is 7. The van der Waals surface area contributed by atoms with E-state index in [4.69, 9.17) is 9.47 Å². The molecular weight excluding hydrogens is 394 g/mol. The van der Waals surface area contributed by atoms with Crippen LogP contribution in [0.2, 0.25) is 0 Å². The zero-order valence-electron chi connectivity index (χ0n) is 15.3. The van der Waals surface area contributed by atoms with Crippen molar-refractivity contribution in [1.82, 2.24) is 10.6 Å². The summed E-state index contributed by atoms with van der Waals surface area (Å²) in [5.74, 6) is -1.70. The monoisotopic (exact) mass is 412 g/mol. The predicted octanol–water partition coefficient (Wildman–Crippen LogP) is 0.943. The van der Waals surface area contributed by atoms with Crippen molar-refractivity contribution in [3.8, 4) is 0 Å². The lowest BCUT2D eigenvalue weighted by molar-refractivity contribution is 0.132. The maximum absolute atomic E-state index is 14.7. The van der Waals surface area contributed by atoms with Gasteiger partial charge >= 0.3 is 18.3 Å². The average Bonchev–Trinajstić information content (AvgIpc) is 3.31. The number of fused-ring (bicyclic) bond motifs is 1. The molecule has 12 heteroatoms. The van der Waals surface area contributed by atoms with Gasteiger partial charge in [-0.3, -0.25) is 4.90 Å². The molecule has 3 atom stereocenters. The van der Waals surface area contributed by atoms with Crippen LogP contribution < -0.4 is 20.4 Å². The average molecular weight is 412 g/mol. The number of methoxy groups -OCH3 is 1. The molecule has 0 spiro atoms. The van der Waals surface area contributed by atoms with E-state index in [2.05, 4.69) is 15.4 Å². The summed E-state index contributed by atoms with van der Waals surface area (Å²) in [7, 11) is 1.20. The first kappa shape index (κ1) is 19.0. The Morgan fingerprint density at radius 1 is 1.24 bits per heavy atom. The molecule has 0 aliphatic carbocycles. The number of carbonyl (C=O) groups excluding carboxylic acids is 3. The van der Waals surface area contributed by atoms with E-state index in [0.29, 0.717) is 0 Å². The Labute approximate surface area is 163 Å². The zero-order valence-corrected chi connectivity index (χ0v) is 15.3. The van der Waals surface area contributed by atoms with Crippen LogP contribution in [0.4, 0.5) is 34.5 Å². The van der Waals surface area contributed by atoms with Crippen LogP contribution >= 0.6 is 0 Å². The Bertz CT molecular complexity index is 829. The second kappa shape index (κ2) is 7.26. The van der Waals surface area contributed by atoms with Crippen molar-refractivity contribution >= 4 is 29.7 Å². The van der Waals surface area contributed by atoms with Gasteiger partial charge in [-0.2, -0.15) is 0 Å². The van der Waals surface area contributed by atoms with Gasteiger partial charge in [0.2, 0.25) is 0 Å². The molecule has 29 heavy (non-hydrogen) atoms. The second-order valence-electron chi connectivity index (χ2n) is 6.85. The van der Waals surface area contributed by atoms with Crippen LogP contribution in [0.3, 0.4) is 0 Å². The second-order valence-corrected chi connectivity index (χ2v) is 6.85. The Hall–Kier alpha value is -3.31. The topological polar surface area (TPSA) is 109 Å². The van der Waals surface area contributed by atoms with E-state index in [-0.39, 0.29) is 43.6 Å². The summed E-state index contributed by atoms with van der Waals surface area (Å²) in [6.45, 7) is 0.370. The highest BCUT2D eigenvalue weighted by Crippen LogP contribution is 2.34. The molecule has 3 amide bonds. The van der Waals surface area contributed by atoms with Gasteiger partial charge in [-0.15, -0.1) is 0 Å². The summed E-state index contributed by atoms with van der Waals surface area (Å²) in [5, 5.41) is 4.99. The zero-order chi connectivity index (χ0) is 20.7. The normalized spacial score (nSPS) is 25.4. The minimum absolute atomic E-state index is 0.000234. The van der Waals surface area contributed by atoms with E-state index in [0.717, 1.165) is 17.0 Å². The molecule has 2 N–H and O–H groups in total. The summed E-state index contributed by atoms with van der Waals surface area (Å²) in [6, 6.07) is 1.75. The first-order valence-electron chi connectivity index (χ1n) is 8.87. The van der Waals surface area contributed by atoms with Crippen molar-refractivity contribution in [3.05, 3.63) is 23.8 Å². The van der Waals surface area contributed by atoms with Crippen LogP contribution in [-0.2, 0) is 14.2 Å². The van der Waals surface area contributed by atoms with E-state index in [9.17, 15) is 23.2 Å². The number of amides is 3. The number of carbonyl (C=O) groups is 3. The molecule has 0 bridgehead atoms. The van der Waals surface area contributed by atoms with Gasteiger partial charge in [0.15, 0.2) is 11.6 Å². The molecule has 3 aliphatic rings. The number of nitrogens with one attached hydrogen (secondary N) is 2. The van der Waals surface area contributed by atoms with Crippen molar-refractivity contribution in [2.24, 2.45) is 0 Å². The maximum Gasteiger partial charge on any atom is 0.414 e. The number of cyclic esters (lactones) is 1. The third kappa shape index (κ3) is 3.57. The molecule has 3 fully saturated rings. The molecule has 0 radical (unpaired) electrons. The summed E-state index contributed by atoms with van der Waals surface area (Å²) in [4.78, 5) is 36.9. The van der Waals surface area contributed by atoms with Crippen LogP contribution in [0, 0.1) is 11.6 Å². The molecule has 1 aromatic carbocycles. The molecule has 3 aliphatic heterocycles. The van der Waals surface area contributed by atoms with E-state index in [1.54, 1.807) is 0 Å². The number of halogens is 2. The summed E-state index contributed by atoms with van der Waals surface area (Å²) in [6.07, 6.45) is -3.17. The molecule has 0 saturated carbocycles. The fourth-order valence-corrected chi connectivity index (χ4v) is 3.66. The van der Waals surface area contributed by atoms with Crippen molar-refractivity contribution in [2.45, 2.75) is 18.2 Å². The molecule has 1 aromatic rings. The summed E-state index contributed by atoms with van der Waals surface area (Å²) >= 11 is 0. The van der Waals surface area contributed by atoms with Gasteiger partial charge in [-0.05, 0) is 0 Å². The van der Waals surface area contributed by atoms with Crippen LogP contribution in [0.5, 0.6) is 0 Å². The van der Waals surface area contributed by atoms with E-state index in [1.165, 1.54) is 12.0 Å². The van der Waals surface area contributed by atoms with Crippen LogP contribution in [-0.4, -0.2) is 69.8 Å². The first-order chi connectivity index (χ1) is 13.9. The lowest BCUT2D eigenvalue weighted by Crippen LogP contribution is -2.34. The van der Waals surface area contributed by atoms with Crippen molar-refractivity contribution < 1.29 is 37.4 Å². The quantitative estimate of drug-likeness (QED) is 0.709. The molecule has 4 rings (SSSR count). The largest absolute Gasteiger partial charge is 0.453 e. The molecule has 0 aromatic heterocycles. The van der Waals surface area contributed by atoms with Gasteiger partial charge in [-0.25, -0.2) is 23.2 Å². The van der Waals surface area contributed by atoms with Crippen LogP contribution in [0.25, 0.3) is 0 Å². The molecule has 3 heterocycles. The van der Waals surface area contributed by atoms with E-state index in [1.807, 2.05) is 0 Å². The number of hydrogen-bond donors (Lipinski definition) is 2. The molecule has 3 saturated heterocycles. The van der Waals surface area contributed by atoms with Crippen molar-refractivity contribution in [1.29, 1.82) is 0 Å². The van der Waals surface area contributed by atoms with Gasteiger partial charge in [-0.1, -0.05) is 0 Å². The first-order valence-corrected chi connectivity index (χ1v) is 8.87. The van der Waals surface area contributed by atoms with Crippen molar-refractivity contribution in [3.63, 3.8) is 0 Å². The number of benzene rings is 1. The molecule has 156 valence electrons. The molecular formula is C17H18F2N4O6. The molecule has 10 nitrogen and oxygen atoms in total. The van der Waals surface area contributed by atoms with Gasteiger partial charge in [0, 0.05) is 18.7 Å². The fourth-order valence-electron chi connectivity index (χ4n) is 3.66. The molecule has 2 unspecified atom stereocenters. The highest BCUT2D eigenvalue weighted by atomic mass is 19.1. The third-order valence-electron chi connectivity index (χ3n) is 4.99. The summed E-state index contributed by atoms with van der Waals surface area (Å²) < 4.78 is 44.0. The minimum Gasteiger partial charge on any atom is -0.453 e. The highest BCUT2D eigenvalue weighted by molar-refractivity contribution is 5.90. The minimum atomic E-state index is -0.852. The highest BCUT2D eigenvalue weighted by Gasteiger charge is 2.43. The smallest absolute Gasteiger partial charge is 0.414 e. The standard InChI is InChI=1S/C17H18F2N4O6/c1-27-15(24)20-4-9-5-23(17(26)28-9)8-2-10(18)14(11(19)3-8)22-6-12-13(7-22)29-16(25)21-12/h2-3,9,12-13H,4-7H2,1H3,(H,20,24)(H,21,25)/t9-,12?,13?/m0/s1. The van der Waals surface area contributed by atoms with Gasteiger partial charge in [0.1, 0.15) is 17.9 Å².